The van der Waals surface area contributed by atoms with E-state index in [4.69, 9.17) is 0 Å². The summed E-state index contributed by atoms with van der Waals surface area (Å²) in [5.41, 5.74) is 0.673. The fraction of sp³-hybridized carbons (Fsp3) is 0.812. The van der Waals surface area contributed by atoms with Crippen LogP contribution in [-0.2, 0) is 4.79 Å². The first-order chi connectivity index (χ1) is 8.68. The van der Waals surface area contributed by atoms with Crippen LogP contribution in [0.3, 0.4) is 0 Å². The number of rotatable bonds is 12. The van der Waals surface area contributed by atoms with E-state index in [0.717, 1.165) is 5.75 Å². The Hall–Kier alpha value is -0.240. The second kappa shape index (κ2) is 13.2. The topological polar surface area (TPSA) is 17.1 Å². The number of hydrogen-bond donors (Lipinski definition) is 0. The van der Waals surface area contributed by atoms with Crippen molar-refractivity contribution in [3.63, 3.8) is 0 Å². The lowest BCUT2D eigenvalue weighted by molar-refractivity contribution is -0.107. The molecule has 0 aliphatic carbocycles. The van der Waals surface area contributed by atoms with Gasteiger partial charge < -0.3 is 0 Å². The van der Waals surface area contributed by atoms with Gasteiger partial charge in [0.2, 0.25) is 5.12 Å². The van der Waals surface area contributed by atoms with Gasteiger partial charge in [0.15, 0.2) is 0 Å². The first kappa shape index (κ1) is 17.8. The van der Waals surface area contributed by atoms with Crippen molar-refractivity contribution in [3.05, 3.63) is 12.2 Å². The van der Waals surface area contributed by atoms with Crippen LogP contribution in [0.1, 0.15) is 78.1 Å². The molecule has 0 unspecified atom stereocenters. The lowest BCUT2D eigenvalue weighted by Crippen LogP contribution is -1.93. The Morgan fingerprint density at radius 1 is 0.889 bits per heavy atom. The summed E-state index contributed by atoms with van der Waals surface area (Å²) in [5.74, 6) is 0.961. The highest BCUT2D eigenvalue weighted by Gasteiger charge is 2.01. The summed E-state index contributed by atoms with van der Waals surface area (Å²) in [4.78, 5) is 11.3. The minimum absolute atomic E-state index is 0.158. The monoisotopic (exact) mass is 270 g/mol. The van der Waals surface area contributed by atoms with E-state index in [1.54, 1.807) is 6.92 Å². The van der Waals surface area contributed by atoms with Crippen LogP contribution in [0.2, 0.25) is 0 Å². The highest BCUT2D eigenvalue weighted by atomic mass is 32.2. The maximum absolute atomic E-state index is 11.3. The normalized spacial score (nSPS) is 10.6. The van der Waals surface area contributed by atoms with Crippen LogP contribution in [0.5, 0.6) is 0 Å². The molecule has 0 saturated carbocycles. The third-order valence-corrected chi connectivity index (χ3v) is 4.18. The van der Waals surface area contributed by atoms with Gasteiger partial charge in [-0.2, -0.15) is 0 Å². The summed E-state index contributed by atoms with van der Waals surface area (Å²) in [6, 6.07) is 0. The van der Waals surface area contributed by atoms with Gasteiger partial charge in [-0.15, -0.1) is 0 Å². The quantitative estimate of drug-likeness (QED) is 0.332. The van der Waals surface area contributed by atoms with Crippen molar-refractivity contribution < 1.29 is 4.79 Å². The first-order valence-electron chi connectivity index (χ1n) is 7.51. The summed E-state index contributed by atoms with van der Waals surface area (Å²) in [6.45, 7) is 7.70. The van der Waals surface area contributed by atoms with Crippen molar-refractivity contribution in [2.45, 2.75) is 78.1 Å². The first-order valence-corrected chi connectivity index (χ1v) is 8.49. The minimum atomic E-state index is 0.158. The van der Waals surface area contributed by atoms with Crippen molar-refractivity contribution in [1.82, 2.24) is 0 Å². The molecule has 0 radical (unpaired) electrons. The molecule has 0 bridgehead atoms. The fourth-order valence-corrected chi connectivity index (χ4v) is 2.66. The molecule has 0 atom stereocenters. The van der Waals surface area contributed by atoms with Gasteiger partial charge in [0.05, 0.1) is 0 Å². The average Bonchev–Trinajstić information content (AvgIpc) is 2.35. The van der Waals surface area contributed by atoms with Crippen molar-refractivity contribution in [2.24, 2.45) is 0 Å². The van der Waals surface area contributed by atoms with Crippen molar-refractivity contribution in [2.75, 3.05) is 5.75 Å². The molecule has 0 aromatic heterocycles. The van der Waals surface area contributed by atoms with Crippen LogP contribution in [0.15, 0.2) is 12.2 Å². The van der Waals surface area contributed by atoms with E-state index >= 15 is 0 Å². The molecular weight excluding hydrogens is 240 g/mol. The van der Waals surface area contributed by atoms with E-state index in [9.17, 15) is 4.79 Å². The molecule has 0 spiro atoms. The second-order valence-corrected chi connectivity index (χ2v) is 6.17. The second-order valence-electron chi connectivity index (χ2n) is 5.10. The van der Waals surface area contributed by atoms with Crippen molar-refractivity contribution in [3.8, 4) is 0 Å². The zero-order valence-electron chi connectivity index (χ0n) is 12.3. The average molecular weight is 270 g/mol. The van der Waals surface area contributed by atoms with E-state index in [0.29, 0.717) is 5.57 Å². The number of carbonyl (C=O) groups excluding carboxylic acids is 1. The smallest absolute Gasteiger partial charge is 0.214 e. The van der Waals surface area contributed by atoms with E-state index in [1.165, 1.54) is 76.0 Å². The van der Waals surface area contributed by atoms with E-state index in [1.807, 2.05) is 0 Å². The maximum Gasteiger partial charge on any atom is 0.214 e. The molecular formula is C16H30OS. The van der Waals surface area contributed by atoms with Gasteiger partial charge in [-0.1, -0.05) is 83.1 Å². The molecule has 0 N–H and O–H groups in total. The number of unbranched alkanes of at least 4 members (excludes halogenated alkanes) is 9. The van der Waals surface area contributed by atoms with Gasteiger partial charge in [-0.25, -0.2) is 0 Å². The molecule has 1 nitrogen and oxygen atoms in total. The molecule has 0 heterocycles. The Morgan fingerprint density at radius 3 is 1.78 bits per heavy atom. The number of hydrogen-bond acceptors (Lipinski definition) is 2. The lowest BCUT2D eigenvalue weighted by Gasteiger charge is -2.02. The standard InChI is InChI=1S/C16H30OS/c1-4-5-6-7-8-9-10-11-12-13-14-18-16(17)15(2)3/h2,4-14H2,1,3H3. The Morgan fingerprint density at radius 2 is 1.33 bits per heavy atom. The molecule has 18 heavy (non-hydrogen) atoms. The summed E-state index contributed by atoms with van der Waals surface area (Å²) >= 11 is 1.42. The van der Waals surface area contributed by atoms with Crippen LogP contribution >= 0.6 is 11.8 Å². The van der Waals surface area contributed by atoms with Crippen LogP contribution in [0.25, 0.3) is 0 Å². The lowest BCUT2D eigenvalue weighted by atomic mass is 10.1. The van der Waals surface area contributed by atoms with E-state index in [2.05, 4.69) is 13.5 Å². The Labute approximate surface area is 118 Å². The number of thioether (sulfide) groups is 1. The fourth-order valence-electron chi connectivity index (χ4n) is 1.88. The van der Waals surface area contributed by atoms with Crippen molar-refractivity contribution in [1.29, 1.82) is 0 Å². The Kier molecular flexibility index (Phi) is 13.0. The van der Waals surface area contributed by atoms with Crippen LogP contribution in [-0.4, -0.2) is 10.9 Å². The zero-order chi connectivity index (χ0) is 13.6. The van der Waals surface area contributed by atoms with Crippen molar-refractivity contribution >= 4 is 16.9 Å². The van der Waals surface area contributed by atoms with Crippen LogP contribution in [0, 0.1) is 0 Å². The summed E-state index contributed by atoms with van der Waals surface area (Å²) < 4.78 is 0. The maximum atomic E-state index is 11.3. The van der Waals surface area contributed by atoms with Gasteiger partial charge in [0.25, 0.3) is 0 Å². The molecule has 0 amide bonds. The molecule has 106 valence electrons. The molecule has 2 heteroatoms. The van der Waals surface area contributed by atoms with Gasteiger partial charge in [-0.05, 0) is 18.9 Å². The molecule has 0 saturated heterocycles. The Bertz CT molecular complexity index is 223. The largest absolute Gasteiger partial charge is 0.282 e. The van der Waals surface area contributed by atoms with E-state index < -0.39 is 0 Å². The van der Waals surface area contributed by atoms with E-state index in [-0.39, 0.29) is 5.12 Å². The summed E-state index contributed by atoms with van der Waals surface area (Å²) in [7, 11) is 0. The molecule has 0 aliphatic rings. The zero-order valence-corrected chi connectivity index (χ0v) is 13.1. The predicted molar refractivity (Wildman–Crippen MR) is 84.1 cm³/mol. The number of carbonyl (C=O) groups is 1. The summed E-state index contributed by atoms with van der Waals surface area (Å²) in [6.07, 6.45) is 13.5. The molecule has 0 aromatic rings. The highest BCUT2D eigenvalue weighted by molar-refractivity contribution is 8.14. The minimum Gasteiger partial charge on any atom is -0.282 e. The SMILES string of the molecule is C=C(C)C(=O)SCCCCCCCCCCCC. The van der Waals surface area contributed by atoms with Crippen LogP contribution in [0.4, 0.5) is 0 Å². The molecule has 0 fully saturated rings. The van der Waals surface area contributed by atoms with Gasteiger partial charge in [-0.3, -0.25) is 4.79 Å². The highest BCUT2D eigenvalue weighted by Crippen LogP contribution is 2.14. The third-order valence-electron chi connectivity index (χ3n) is 3.08. The molecule has 0 aliphatic heterocycles. The van der Waals surface area contributed by atoms with Gasteiger partial charge in [0.1, 0.15) is 0 Å². The van der Waals surface area contributed by atoms with Gasteiger partial charge in [0, 0.05) is 5.75 Å². The molecule has 0 aromatic carbocycles. The predicted octanol–water partition coefficient (Wildman–Crippen LogP) is 5.74. The van der Waals surface area contributed by atoms with Crippen LogP contribution < -0.4 is 0 Å². The Balaban J connectivity index is 3.07. The third kappa shape index (κ3) is 12.2. The summed E-state index contributed by atoms with van der Waals surface area (Å²) in [5, 5.41) is 0.158. The molecule has 0 rings (SSSR count). The van der Waals surface area contributed by atoms with Gasteiger partial charge >= 0.3 is 0 Å².